The number of aliphatic carboxylic acids is 1. The van der Waals surface area contributed by atoms with Crippen molar-refractivity contribution in [3.8, 4) is 6.07 Å². The largest absolute Gasteiger partial charge is 0.480 e. The lowest BCUT2D eigenvalue weighted by Crippen LogP contribution is -2.62. The van der Waals surface area contributed by atoms with Crippen LogP contribution in [0.4, 0.5) is 0 Å². The number of nitrogens with zero attached hydrogens (tertiary/aromatic N) is 1. The lowest BCUT2D eigenvalue weighted by molar-refractivity contribution is -0.143. The number of hydrogen-bond acceptors (Lipinski definition) is 6. The van der Waals surface area contributed by atoms with Crippen molar-refractivity contribution in [1.29, 1.82) is 5.26 Å². The van der Waals surface area contributed by atoms with E-state index >= 15 is 0 Å². The number of fused-ring (bicyclic) bond motifs is 2. The molecule has 5 rings (SSSR count). The summed E-state index contributed by atoms with van der Waals surface area (Å²) in [6.45, 7) is 0. The first-order valence-electron chi connectivity index (χ1n) is 13.3. The van der Waals surface area contributed by atoms with Gasteiger partial charge in [0.2, 0.25) is 10.0 Å². The van der Waals surface area contributed by atoms with E-state index in [0.29, 0.717) is 17.5 Å². The molecule has 4 unspecified atom stereocenters. The van der Waals surface area contributed by atoms with Gasteiger partial charge >= 0.3 is 5.97 Å². The van der Waals surface area contributed by atoms with Crippen LogP contribution in [0.3, 0.4) is 0 Å². The van der Waals surface area contributed by atoms with Crippen LogP contribution in [0.5, 0.6) is 0 Å². The highest BCUT2D eigenvalue weighted by Crippen LogP contribution is 2.39. The van der Waals surface area contributed by atoms with Gasteiger partial charge in [0, 0.05) is 0 Å². The Morgan fingerprint density at radius 2 is 1.79 bits per heavy atom. The molecule has 1 saturated heterocycles. The molecule has 1 saturated carbocycles. The van der Waals surface area contributed by atoms with Crippen molar-refractivity contribution >= 4 is 32.5 Å². The SMILES string of the molecule is N#Cc1cccc(C[C@H](NS(=O)(=O)c2ccc3ccccc3c2)C(=O)C2NC(C(=O)O)CC3CCCCC32)c1. The highest BCUT2D eigenvalue weighted by molar-refractivity contribution is 7.89. The number of rotatable bonds is 8. The number of piperidine rings is 1. The number of carboxylic acid groups (broad SMARTS) is 1. The second kappa shape index (κ2) is 11.3. The van der Waals surface area contributed by atoms with Crippen LogP contribution in [-0.2, 0) is 26.0 Å². The summed E-state index contributed by atoms with van der Waals surface area (Å²) in [5, 5.41) is 23.8. The molecule has 3 aromatic carbocycles. The zero-order valence-electron chi connectivity index (χ0n) is 21.4. The fraction of sp³-hybridized carbons (Fsp3) is 0.367. The van der Waals surface area contributed by atoms with E-state index in [1.165, 1.54) is 6.07 Å². The lowest BCUT2D eigenvalue weighted by atomic mass is 9.68. The molecular formula is C30H31N3O5S. The minimum atomic E-state index is -4.11. The molecule has 2 fully saturated rings. The third kappa shape index (κ3) is 5.88. The monoisotopic (exact) mass is 545 g/mol. The van der Waals surface area contributed by atoms with E-state index in [1.807, 2.05) is 24.3 Å². The normalized spacial score (nSPS) is 23.9. The summed E-state index contributed by atoms with van der Waals surface area (Å²) in [7, 11) is -4.11. The van der Waals surface area contributed by atoms with Crippen LogP contribution in [0.25, 0.3) is 10.8 Å². The smallest absolute Gasteiger partial charge is 0.320 e. The number of nitrogens with one attached hydrogen (secondary N) is 2. The zero-order valence-corrected chi connectivity index (χ0v) is 22.2. The molecule has 3 aromatic rings. The van der Waals surface area contributed by atoms with Crippen molar-refractivity contribution < 1.29 is 23.1 Å². The maximum atomic E-state index is 14.2. The minimum absolute atomic E-state index is 0.0362. The molecule has 5 atom stereocenters. The third-order valence-electron chi connectivity index (χ3n) is 8.09. The van der Waals surface area contributed by atoms with Gasteiger partial charge in [0.05, 0.1) is 28.6 Å². The number of Topliss-reactive ketones (excluding diaryl/α,β-unsaturated/α-hetero) is 1. The summed E-state index contributed by atoms with van der Waals surface area (Å²) in [5.74, 6) is -1.34. The van der Waals surface area contributed by atoms with Crippen molar-refractivity contribution in [2.45, 2.75) is 61.5 Å². The van der Waals surface area contributed by atoms with E-state index < -0.39 is 34.1 Å². The first-order chi connectivity index (χ1) is 18.7. The fourth-order valence-electron chi connectivity index (χ4n) is 6.15. The molecule has 202 valence electrons. The van der Waals surface area contributed by atoms with Crippen molar-refractivity contribution in [2.24, 2.45) is 11.8 Å². The number of benzene rings is 3. The Morgan fingerprint density at radius 3 is 2.56 bits per heavy atom. The standard InChI is InChI=1S/C30H31N3O5S/c31-18-20-7-5-6-19(14-20)15-26(33-39(37,38)24-13-12-21-8-1-2-9-22(21)16-24)29(34)28-25-11-4-3-10-23(25)17-27(32-28)30(35)36/h1-2,5-9,12-14,16,23,25-28,32-33H,3-4,10-11,15,17H2,(H,35,36)/t23?,25?,26-,27?,28?/m0/s1. The van der Waals surface area contributed by atoms with Gasteiger partial charge in [0.25, 0.3) is 0 Å². The molecule has 9 heteroatoms. The Balaban J connectivity index is 1.49. The number of carboxylic acids is 1. The van der Waals surface area contributed by atoms with Crippen LogP contribution in [0, 0.1) is 23.2 Å². The Labute approximate surface area is 228 Å². The highest BCUT2D eigenvalue weighted by atomic mass is 32.2. The van der Waals surface area contributed by atoms with Crippen LogP contribution < -0.4 is 10.0 Å². The summed E-state index contributed by atoms with van der Waals surface area (Å²) in [4.78, 5) is 26.1. The molecule has 0 radical (unpaired) electrons. The average Bonchev–Trinajstić information content (AvgIpc) is 2.95. The molecule has 1 aliphatic carbocycles. The molecule has 1 heterocycles. The van der Waals surface area contributed by atoms with Crippen molar-refractivity contribution in [2.75, 3.05) is 0 Å². The van der Waals surface area contributed by atoms with Gasteiger partial charge in [-0.2, -0.15) is 5.26 Å². The molecule has 2 aliphatic rings. The van der Waals surface area contributed by atoms with Crippen LogP contribution in [0.2, 0.25) is 0 Å². The van der Waals surface area contributed by atoms with Crippen LogP contribution >= 0.6 is 0 Å². The summed E-state index contributed by atoms with van der Waals surface area (Å²) in [5.41, 5.74) is 1.05. The fourth-order valence-corrected chi connectivity index (χ4v) is 7.39. The number of nitriles is 1. The van der Waals surface area contributed by atoms with Gasteiger partial charge in [-0.25, -0.2) is 13.1 Å². The molecule has 0 spiro atoms. The van der Waals surface area contributed by atoms with E-state index in [2.05, 4.69) is 16.1 Å². The number of sulfonamides is 1. The highest BCUT2D eigenvalue weighted by Gasteiger charge is 2.46. The second-order valence-electron chi connectivity index (χ2n) is 10.6. The number of hydrogen-bond donors (Lipinski definition) is 3. The molecule has 0 amide bonds. The summed E-state index contributed by atoms with van der Waals surface area (Å²) < 4.78 is 29.9. The summed E-state index contributed by atoms with van der Waals surface area (Å²) in [6, 6.07) is 18.3. The third-order valence-corrected chi connectivity index (χ3v) is 9.56. The lowest BCUT2D eigenvalue weighted by Gasteiger charge is -2.44. The van der Waals surface area contributed by atoms with Crippen molar-refractivity contribution in [1.82, 2.24) is 10.0 Å². The quantitative estimate of drug-likeness (QED) is 0.392. The van der Waals surface area contributed by atoms with Gasteiger partial charge in [-0.05, 0) is 71.7 Å². The van der Waals surface area contributed by atoms with Crippen molar-refractivity contribution in [3.63, 3.8) is 0 Å². The first-order valence-corrected chi connectivity index (χ1v) is 14.8. The molecule has 1 aliphatic heterocycles. The van der Waals surface area contributed by atoms with Gasteiger partial charge in [-0.15, -0.1) is 0 Å². The predicted molar refractivity (Wildman–Crippen MR) is 146 cm³/mol. The van der Waals surface area contributed by atoms with E-state index in [-0.39, 0.29) is 28.9 Å². The number of carbonyl (C=O) groups excluding carboxylic acids is 1. The van der Waals surface area contributed by atoms with Crippen LogP contribution in [0.15, 0.2) is 71.6 Å². The first kappa shape index (κ1) is 27.0. The van der Waals surface area contributed by atoms with E-state index in [9.17, 15) is 28.4 Å². The van der Waals surface area contributed by atoms with Crippen LogP contribution in [0.1, 0.15) is 43.2 Å². The minimum Gasteiger partial charge on any atom is -0.480 e. The molecular weight excluding hydrogens is 514 g/mol. The topological polar surface area (TPSA) is 136 Å². The Kier molecular flexibility index (Phi) is 7.80. The number of ketones is 1. The molecule has 0 bridgehead atoms. The predicted octanol–water partition coefficient (Wildman–Crippen LogP) is 3.79. The Morgan fingerprint density at radius 1 is 1.03 bits per heavy atom. The van der Waals surface area contributed by atoms with Crippen molar-refractivity contribution in [3.05, 3.63) is 77.9 Å². The Hall–Kier alpha value is -3.58. The van der Waals surface area contributed by atoms with E-state index in [0.717, 1.165) is 36.5 Å². The van der Waals surface area contributed by atoms with Gasteiger partial charge in [-0.3, -0.25) is 14.9 Å². The van der Waals surface area contributed by atoms with Crippen LogP contribution in [-0.4, -0.2) is 43.4 Å². The molecule has 8 nitrogen and oxygen atoms in total. The molecule has 3 N–H and O–H groups in total. The second-order valence-corrected chi connectivity index (χ2v) is 12.3. The maximum Gasteiger partial charge on any atom is 0.320 e. The van der Waals surface area contributed by atoms with Gasteiger partial charge < -0.3 is 5.11 Å². The van der Waals surface area contributed by atoms with E-state index in [1.54, 1.807) is 36.4 Å². The number of carbonyl (C=O) groups is 2. The average molecular weight is 546 g/mol. The van der Waals surface area contributed by atoms with Gasteiger partial charge in [0.1, 0.15) is 6.04 Å². The van der Waals surface area contributed by atoms with Gasteiger partial charge in [-0.1, -0.05) is 61.7 Å². The molecule has 0 aromatic heterocycles. The van der Waals surface area contributed by atoms with E-state index in [4.69, 9.17) is 0 Å². The maximum absolute atomic E-state index is 14.2. The zero-order chi connectivity index (χ0) is 27.6. The van der Waals surface area contributed by atoms with Gasteiger partial charge in [0.15, 0.2) is 5.78 Å². The summed E-state index contributed by atoms with van der Waals surface area (Å²) in [6.07, 6.45) is 4.08. The molecule has 39 heavy (non-hydrogen) atoms. The summed E-state index contributed by atoms with van der Waals surface area (Å²) >= 11 is 0. The Bertz CT molecular complexity index is 1550.